The fourth-order valence-electron chi connectivity index (χ4n) is 0.986. The molecule has 0 amide bonds. The van der Waals surface area contributed by atoms with E-state index in [1.165, 1.54) is 0 Å². The molecule has 0 atom stereocenters. The van der Waals surface area contributed by atoms with Gasteiger partial charge in [0.15, 0.2) is 0 Å². The van der Waals surface area contributed by atoms with Crippen molar-refractivity contribution < 1.29 is 0 Å². The van der Waals surface area contributed by atoms with Crippen molar-refractivity contribution in [3.8, 4) is 0 Å². The number of nitrogens with zero attached hydrogens (tertiary/aromatic N) is 6. The lowest BCUT2D eigenvalue weighted by molar-refractivity contribution is 0.514. The summed E-state index contributed by atoms with van der Waals surface area (Å²) in [5, 5.41) is 14.9. The van der Waals surface area contributed by atoms with E-state index in [9.17, 15) is 0 Å². The minimum atomic E-state index is 0.428. The molecule has 2 heterocycles. The summed E-state index contributed by atoms with van der Waals surface area (Å²) < 4.78 is 3.61. The van der Waals surface area contributed by atoms with Crippen LogP contribution < -0.4 is 0 Å². The second kappa shape index (κ2) is 5.99. The molecular formula is C10H18N6. The lowest BCUT2D eigenvalue weighted by atomic mass is 10.4. The quantitative estimate of drug-likeness (QED) is 0.776. The van der Waals surface area contributed by atoms with Crippen LogP contribution in [0.3, 0.4) is 0 Å². The summed E-state index contributed by atoms with van der Waals surface area (Å²) in [6.07, 6.45) is 7.06. The Kier molecular flexibility index (Phi) is 4.63. The molecule has 6 nitrogen and oxygen atoms in total. The van der Waals surface area contributed by atoms with Gasteiger partial charge < -0.3 is 0 Å². The lowest BCUT2D eigenvalue weighted by Crippen LogP contribution is -2.00. The number of aromatic nitrogens is 6. The second-order valence-corrected chi connectivity index (χ2v) is 3.95. The SMILES string of the molecule is CC(C)n1ccnn1.CC(C)n1ccnn1. The molecule has 6 heteroatoms. The number of rotatable bonds is 2. The standard InChI is InChI=1S/2C5H9N3/c2*1-5(2)8-4-3-6-7-8/h2*3-5H,1-2H3. The average molecular weight is 222 g/mol. The van der Waals surface area contributed by atoms with Crippen LogP contribution in [0.15, 0.2) is 24.8 Å². The minimum absolute atomic E-state index is 0.428. The summed E-state index contributed by atoms with van der Waals surface area (Å²) in [7, 11) is 0. The molecule has 0 radical (unpaired) electrons. The van der Waals surface area contributed by atoms with Gasteiger partial charge in [-0.1, -0.05) is 10.4 Å². The van der Waals surface area contributed by atoms with Crippen LogP contribution in [0.4, 0.5) is 0 Å². The Morgan fingerprint density at radius 1 is 0.750 bits per heavy atom. The van der Waals surface area contributed by atoms with Gasteiger partial charge in [-0.2, -0.15) is 0 Å². The van der Waals surface area contributed by atoms with Crippen molar-refractivity contribution >= 4 is 0 Å². The summed E-state index contributed by atoms with van der Waals surface area (Å²) in [5.41, 5.74) is 0. The van der Waals surface area contributed by atoms with E-state index in [2.05, 4.69) is 48.3 Å². The van der Waals surface area contributed by atoms with E-state index in [0.717, 1.165) is 0 Å². The normalized spacial score (nSPS) is 10.4. The first-order chi connectivity index (χ1) is 7.61. The van der Waals surface area contributed by atoms with Crippen molar-refractivity contribution in [1.82, 2.24) is 30.0 Å². The Morgan fingerprint density at radius 3 is 1.25 bits per heavy atom. The van der Waals surface area contributed by atoms with Gasteiger partial charge in [0.1, 0.15) is 0 Å². The van der Waals surface area contributed by atoms with Crippen LogP contribution in [-0.2, 0) is 0 Å². The molecule has 0 saturated carbocycles. The van der Waals surface area contributed by atoms with Crippen molar-refractivity contribution in [2.24, 2.45) is 0 Å². The molecule has 2 aromatic heterocycles. The van der Waals surface area contributed by atoms with Gasteiger partial charge in [0.05, 0.1) is 12.4 Å². The highest BCUT2D eigenvalue weighted by molar-refractivity contribution is 4.67. The first-order valence-corrected chi connectivity index (χ1v) is 5.33. The van der Waals surface area contributed by atoms with Gasteiger partial charge in [0.25, 0.3) is 0 Å². The maximum Gasteiger partial charge on any atom is 0.0693 e. The van der Waals surface area contributed by atoms with Gasteiger partial charge in [-0.15, -0.1) is 10.2 Å². The molecule has 0 N–H and O–H groups in total. The van der Waals surface area contributed by atoms with Crippen molar-refractivity contribution in [3.05, 3.63) is 24.8 Å². The maximum absolute atomic E-state index is 3.78. The van der Waals surface area contributed by atoms with Crippen LogP contribution in [0, 0.1) is 0 Å². The third kappa shape index (κ3) is 3.80. The van der Waals surface area contributed by atoms with Crippen LogP contribution >= 0.6 is 0 Å². The van der Waals surface area contributed by atoms with E-state index in [0.29, 0.717) is 12.1 Å². The molecule has 16 heavy (non-hydrogen) atoms. The molecule has 0 aliphatic rings. The summed E-state index contributed by atoms with van der Waals surface area (Å²) in [6.45, 7) is 8.26. The molecule has 0 aliphatic carbocycles. The molecule has 0 aliphatic heterocycles. The highest BCUT2D eigenvalue weighted by Gasteiger charge is 1.93. The van der Waals surface area contributed by atoms with Gasteiger partial charge >= 0.3 is 0 Å². The number of hydrogen-bond donors (Lipinski definition) is 0. The third-order valence-corrected chi connectivity index (χ3v) is 1.94. The van der Waals surface area contributed by atoms with Crippen molar-refractivity contribution in [2.75, 3.05) is 0 Å². The van der Waals surface area contributed by atoms with E-state index in [1.54, 1.807) is 21.8 Å². The first-order valence-electron chi connectivity index (χ1n) is 5.33. The topological polar surface area (TPSA) is 61.4 Å². The van der Waals surface area contributed by atoms with E-state index < -0.39 is 0 Å². The van der Waals surface area contributed by atoms with Gasteiger partial charge in [-0.05, 0) is 27.7 Å². The maximum atomic E-state index is 3.78. The fourth-order valence-corrected chi connectivity index (χ4v) is 0.986. The smallest absolute Gasteiger partial charge is 0.0693 e. The zero-order chi connectivity index (χ0) is 12.0. The fraction of sp³-hybridized carbons (Fsp3) is 0.600. The Morgan fingerprint density at radius 2 is 1.12 bits per heavy atom. The first kappa shape index (κ1) is 12.4. The summed E-state index contributed by atoms with van der Waals surface area (Å²) in [6, 6.07) is 0.856. The van der Waals surface area contributed by atoms with Gasteiger partial charge in [-0.25, -0.2) is 0 Å². The molecule has 0 spiro atoms. The Hall–Kier alpha value is -1.72. The Labute approximate surface area is 95.3 Å². The second-order valence-electron chi connectivity index (χ2n) is 3.95. The molecule has 0 saturated heterocycles. The van der Waals surface area contributed by atoms with Crippen molar-refractivity contribution in [3.63, 3.8) is 0 Å². The summed E-state index contributed by atoms with van der Waals surface area (Å²) in [4.78, 5) is 0. The minimum Gasteiger partial charge on any atom is -0.250 e. The predicted molar refractivity (Wildman–Crippen MR) is 60.8 cm³/mol. The van der Waals surface area contributed by atoms with Crippen LogP contribution in [-0.4, -0.2) is 30.0 Å². The van der Waals surface area contributed by atoms with E-state index >= 15 is 0 Å². The molecule has 0 fully saturated rings. The molecule has 88 valence electrons. The molecule has 0 aromatic carbocycles. The monoisotopic (exact) mass is 222 g/mol. The van der Waals surface area contributed by atoms with Gasteiger partial charge in [0, 0.05) is 24.5 Å². The van der Waals surface area contributed by atoms with E-state index in [1.807, 2.05) is 12.4 Å². The largest absolute Gasteiger partial charge is 0.250 e. The molecular weight excluding hydrogens is 204 g/mol. The van der Waals surface area contributed by atoms with Crippen molar-refractivity contribution in [1.29, 1.82) is 0 Å². The Balaban J connectivity index is 0.000000160. The lowest BCUT2D eigenvalue weighted by Gasteiger charge is -2.00. The van der Waals surface area contributed by atoms with Crippen molar-refractivity contribution in [2.45, 2.75) is 39.8 Å². The van der Waals surface area contributed by atoms with Gasteiger partial charge in [-0.3, -0.25) is 9.36 Å². The Bertz CT molecular complexity index is 324. The molecule has 0 bridgehead atoms. The van der Waals surface area contributed by atoms with Crippen LogP contribution in [0.1, 0.15) is 39.8 Å². The van der Waals surface area contributed by atoms with E-state index in [-0.39, 0.29) is 0 Å². The molecule has 2 rings (SSSR count). The highest BCUT2D eigenvalue weighted by Crippen LogP contribution is 1.97. The number of hydrogen-bond acceptors (Lipinski definition) is 4. The van der Waals surface area contributed by atoms with Crippen LogP contribution in [0.5, 0.6) is 0 Å². The summed E-state index contributed by atoms with van der Waals surface area (Å²) >= 11 is 0. The van der Waals surface area contributed by atoms with Crippen LogP contribution in [0.2, 0.25) is 0 Å². The zero-order valence-corrected chi connectivity index (χ0v) is 10.1. The zero-order valence-electron chi connectivity index (χ0n) is 10.1. The molecule has 2 aromatic rings. The van der Waals surface area contributed by atoms with E-state index in [4.69, 9.17) is 0 Å². The predicted octanol–water partition coefficient (Wildman–Crippen LogP) is 1.72. The summed E-state index contributed by atoms with van der Waals surface area (Å²) in [5.74, 6) is 0. The highest BCUT2D eigenvalue weighted by atomic mass is 15.4. The average Bonchev–Trinajstić information content (AvgIpc) is 2.93. The van der Waals surface area contributed by atoms with Gasteiger partial charge in [0.2, 0.25) is 0 Å². The molecule has 0 unspecified atom stereocenters. The third-order valence-electron chi connectivity index (χ3n) is 1.94. The van der Waals surface area contributed by atoms with Crippen LogP contribution in [0.25, 0.3) is 0 Å².